The first-order valence-corrected chi connectivity index (χ1v) is 5.44. The Kier molecular flexibility index (Phi) is 2.08. The molecule has 1 fully saturated rings. The molecular formula is C10H11FOS. The molecule has 1 nitrogen and oxygen atoms in total. The van der Waals surface area contributed by atoms with Crippen molar-refractivity contribution in [2.75, 3.05) is 6.26 Å². The molecule has 3 heteroatoms. The van der Waals surface area contributed by atoms with Gasteiger partial charge in [0.05, 0.1) is 5.60 Å². The number of rotatable bonds is 2. The fourth-order valence-corrected chi connectivity index (χ4v) is 1.82. The third-order valence-electron chi connectivity index (χ3n) is 2.41. The molecular weight excluding hydrogens is 187 g/mol. The first-order chi connectivity index (χ1) is 6.15. The zero-order chi connectivity index (χ0) is 9.47. The second-order valence-electron chi connectivity index (χ2n) is 3.38. The molecule has 0 unspecified atom stereocenters. The van der Waals surface area contributed by atoms with Gasteiger partial charge in [0.15, 0.2) is 0 Å². The van der Waals surface area contributed by atoms with Crippen molar-refractivity contribution in [1.82, 2.24) is 0 Å². The van der Waals surface area contributed by atoms with E-state index in [-0.39, 0.29) is 5.82 Å². The minimum atomic E-state index is -0.724. The summed E-state index contributed by atoms with van der Waals surface area (Å²) >= 11 is 1.38. The molecule has 0 radical (unpaired) electrons. The molecule has 0 atom stereocenters. The van der Waals surface area contributed by atoms with E-state index in [9.17, 15) is 9.50 Å². The molecule has 70 valence electrons. The van der Waals surface area contributed by atoms with Crippen LogP contribution in [-0.4, -0.2) is 11.4 Å². The molecule has 0 heterocycles. The fraction of sp³-hybridized carbons (Fsp3) is 0.400. The summed E-state index contributed by atoms with van der Waals surface area (Å²) in [5, 5.41) is 9.71. The van der Waals surface area contributed by atoms with Gasteiger partial charge >= 0.3 is 0 Å². The average Bonchev–Trinajstić information content (AvgIpc) is 2.85. The summed E-state index contributed by atoms with van der Waals surface area (Å²) in [5.74, 6) is -0.231. The molecule has 13 heavy (non-hydrogen) atoms. The highest BCUT2D eigenvalue weighted by molar-refractivity contribution is 7.98. The summed E-state index contributed by atoms with van der Waals surface area (Å²) < 4.78 is 13.3. The number of benzene rings is 1. The number of hydrogen-bond donors (Lipinski definition) is 1. The van der Waals surface area contributed by atoms with Crippen LogP contribution in [0.15, 0.2) is 23.1 Å². The Balaban J connectivity index is 2.36. The molecule has 1 N–H and O–H groups in total. The quantitative estimate of drug-likeness (QED) is 0.737. The van der Waals surface area contributed by atoms with Gasteiger partial charge < -0.3 is 5.11 Å². The van der Waals surface area contributed by atoms with Crippen LogP contribution in [0.4, 0.5) is 4.39 Å². The van der Waals surface area contributed by atoms with Crippen molar-refractivity contribution < 1.29 is 9.50 Å². The normalized spacial score (nSPS) is 18.7. The molecule has 1 aliphatic carbocycles. The summed E-state index contributed by atoms with van der Waals surface area (Å²) in [7, 11) is 0. The molecule has 1 aromatic carbocycles. The van der Waals surface area contributed by atoms with E-state index in [4.69, 9.17) is 0 Å². The lowest BCUT2D eigenvalue weighted by molar-refractivity contribution is 0.151. The van der Waals surface area contributed by atoms with Gasteiger partial charge in [-0.1, -0.05) is 6.07 Å². The monoisotopic (exact) mass is 198 g/mol. The highest BCUT2D eigenvalue weighted by Crippen LogP contribution is 2.45. The van der Waals surface area contributed by atoms with Crippen LogP contribution in [0.1, 0.15) is 18.4 Å². The van der Waals surface area contributed by atoms with Crippen molar-refractivity contribution in [3.63, 3.8) is 0 Å². The maximum absolute atomic E-state index is 13.3. The second-order valence-corrected chi connectivity index (χ2v) is 4.23. The van der Waals surface area contributed by atoms with Gasteiger partial charge in [-0.15, -0.1) is 11.8 Å². The summed E-state index contributed by atoms with van der Waals surface area (Å²) in [6.07, 6.45) is 3.35. The topological polar surface area (TPSA) is 20.2 Å². The Bertz CT molecular complexity index is 334. The van der Waals surface area contributed by atoms with Crippen molar-refractivity contribution in [2.45, 2.75) is 23.3 Å². The van der Waals surface area contributed by atoms with Gasteiger partial charge in [-0.05, 0) is 36.8 Å². The first-order valence-electron chi connectivity index (χ1n) is 4.22. The predicted molar refractivity (Wildman–Crippen MR) is 51.3 cm³/mol. The zero-order valence-corrected chi connectivity index (χ0v) is 8.20. The van der Waals surface area contributed by atoms with Crippen molar-refractivity contribution >= 4 is 11.8 Å². The highest BCUT2D eigenvalue weighted by Gasteiger charge is 2.42. The van der Waals surface area contributed by atoms with Crippen molar-refractivity contribution in [3.8, 4) is 0 Å². The molecule has 0 amide bonds. The van der Waals surface area contributed by atoms with Crippen molar-refractivity contribution in [1.29, 1.82) is 0 Å². The number of aliphatic hydroxyl groups is 1. The van der Waals surface area contributed by atoms with E-state index in [0.717, 1.165) is 12.8 Å². The van der Waals surface area contributed by atoms with Gasteiger partial charge in [-0.2, -0.15) is 0 Å². The van der Waals surface area contributed by atoms with E-state index in [0.29, 0.717) is 10.5 Å². The van der Waals surface area contributed by atoms with Gasteiger partial charge in [0.25, 0.3) is 0 Å². The molecule has 1 aliphatic rings. The van der Waals surface area contributed by atoms with Crippen LogP contribution in [0, 0.1) is 5.82 Å². The SMILES string of the molecule is CSc1ccc(C2(O)CC2)cc1F. The molecule has 2 rings (SSSR count). The van der Waals surface area contributed by atoms with Crippen LogP contribution in [0.5, 0.6) is 0 Å². The molecule has 1 saturated carbocycles. The Morgan fingerprint density at radius 2 is 2.15 bits per heavy atom. The van der Waals surface area contributed by atoms with Crippen LogP contribution < -0.4 is 0 Å². The minimum absolute atomic E-state index is 0.231. The zero-order valence-electron chi connectivity index (χ0n) is 7.38. The Labute approximate surface area is 81.0 Å². The van der Waals surface area contributed by atoms with Gasteiger partial charge in [-0.3, -0.25) is 0 Å². The maximum Gasteiger partial charge on any atom is 0.137 e. The van der Waals surface area contributed by atoms with Crippen LogP contribution in [0.2, 0.25) is 0 Å². The van der Waals surface area contributed by atoms with Crippen LogP contribution in [0.25, 0.3) is 0 Å². The Morgan fingerprint density at radius 3 is 2.62 bits per heavy atom. The summed E-state index contributed by atoms with van der Waals surface area (Å²) in [5.41, 5.74) is -0.0135. The minimum Gasteiger partial charge on any atom is -0.385 e. The van der Waals surface area contributed by atoms with E-state index >= 15 is 0 Å². The number of hydrogen-bond acceptors (Lipinski definition) is 2. The van der Waals surface area contributed by atoms with E-state index in [1.807, 2.05) is 12.3 Å². The molecule has 0 spiro atoms. The smallest absolute Gasteiger partial charge is 0.137 e. The van der Waals surface area contributed by atoms with Crippen molar-refractivity contribution in [3.05, 3.63) is 29.6 Å². The van der Waals surface area contributed by atoms with Crippen LogP contribution in [0.3, 0.4) is 0 Å². The number of halogens is 1. The van der Waals surface area contributed by atoms with Gasteiger partial charge in [0.1, 0.15) is 5.82 Å². The third-order valence-corrected chi connectivity index (χ3v) is 3.18. The fourth-order valence-electron chi connectivity index (χ4n) is 1.36. The second kappa shape index (κ2) is 3.00. The summed E-state index contributed by atoms with van der Waals surface area (Å²) in [6.45, 7) is 0. The van der Waals surface area contributed by atoms with Gasteiger partial charge in [0, 0.05) is 4.90 Å². The Morgan fingerprint density at radius 1 is 1.46 bits per heavy atom. The Hall–Kier alpha value is -0.540. The van der Waals surface area contributed by atoms with E-state index < -0.39 is 5.60 Å². The standard InChI is InChI=1S/C10H11FOS/c1-13-9-3-2-7(6-8(9)11)10(12)4-5-10/h2-3,6,12H,4-5H2,1H3. The number of thioether (sulfide) groups is 1. The summed E-state index contributed by atoms with van der Waals surface area (Å²) in [4.78, 5) is 0.632. The van der Waals surface area contributed by atoms with Crippen molar-refractivity contribution in [2.24, 2.45) is 0 Å². The lowest BCUT2D eigenvalue weighted by Gasteiger charge is -2.08. The molecule has 1 aromatic rings. The molecule has 0 aliphatic heterocycles. The van der Waals surface area contributed by atoms with Gasteiger partial charge in [-0.25, -0.2) is 4.39 Å². The molecule has 0 bridgehead atoms. The third kappa shape index (κ3) is 1.58. The van der Waals surface area contributed by atoms with Gasteiger partial charge in [0.2, 0.25) is 0 Å². The highest BCUT2D eigenvalue weighted by atomic mass is 32.2. The van der Waals surface area contributed by atoms with E-state index in [2.05, 4.69) is 0 Å². The van der Waals surface area contributed by atoms with Crippen LogP contribution >= 0.6 is 11.8 Å². The van der Waals surface area contributed by atoms with E-state index in [1.165, 1.54) is 17.8 Å². The van der Waals surface area contributed by atoms with E-state index in [1.54, 1.807) is 6.07 Å². The lowest BCUT2D eigenvalue weighted by atomic mass is 10.1. The molecule has 0 saturated heterocycles. The predicted octanol–water partition coefficient (Wildman–Crippen LogP) is 2.53. The molecule has 0 aromatic heterocycles. The average molecular weight is 198 g/mol. The maximum atomic E-state index is 13.3. The largest absolute Gasteiger partial charge is 0.385 e. The lowest BCUT2D eigenvalue weighted by Crippen LogP contribution is -2.04. The summed E-state index contributed by atoms with van der Waals surface area (Å²) in [6, 6.07) is 4.98. The van der Waals surface area contributed by atoms with Crippen LogP contribution in [-0.2, 0) is 5.60 Å². The first kappa shape index (κ1) is 9.03.